The molecule has 1 aromatic rings. The fraction of sp³-hybridized carbons (Fsp3) is 0.650. The van der Waals surface area contributed by atoms with Gasteiger partial charge in [-0.15, -0.1) is 0 Å². The Morgan fingerprint density at radius 1 is 1.16 bits per heavy atom. The lowest BCUT2D eigenvalue weighted by Gasteiger charge is -2.41. The van der Waals surface area contributed by atoms with E-state index in [0.717, 1.165) is 31.6 Å². The molecular formula is C20H30N2O3. The van der Waals surface area contributed by atoms with Gasteiger partial charge in [-0.2, -0.15) is 0 Å². The first-order valence-electron chi connectivity index (χ1n) is 9.39. The van der Waals surface area contributed by atoms with Crippen LogP contribution in [0.2, 0.25) is 0 Å². The average Bonchev–Trinajstić information content (AvgIpc) is 2.60. The van der Waals surface area contributed by atoms with Gasteiger partial charge in [0.15, 0.2) is 5.60 Å². The molecule has 1 aromatic carbocycles. The Balaban J connectivity index is 1.64. The van der Waals surface area contributed by atoms with Gasteiger partial charge in [0.2, 0.25) is 0 Å². The molecule has 2 saturated heterocycles. The number of benzene rings is 1. The van der Waals surface area contributed by atoms with E-state index in [4.69, 9.17) is 4.74 Å². The summed E-state index contributed by atoms with van der Waals surface area (Å²) >= 11 is 0. The molecule has 0 radical (unpaired) electrons. The molecular weight excluding hydrogens is 316 g/mol. The number of nitrogens with zero attached hydrogens (tertiary/aromatic N) is 2. The second-order valence-corrected chi connectivity index (χ2v) is 7.65. The van der Waals surface area contributed by atoms with Crippen LogP contribution < -0.4 is 0 Å². The van der Waals surface area contributed by atoms with E-state index in [1.807, 2.05) is 4.90 Å². The van der Waals surface area contributed by atoms with Crippen molar-refractivity contribution in [2.24, 2.45) is 0 Å². The van der Waals surface area contributed by atoms with Crippen molar-refractivity contribution in [1.82, 2.24) is 9.80 Å². The second kappa shape index (κ2) is 7.85. The molecule has 0 aliphatic carbocycles. The number of carbonyl (C=O) groups excluding carboxylic acids is 1. The van der Waals surface area contributed by atoms with Crippen LogP contribution in [0.15, 0.2) is 24.3 Å². The summed E-state index contributed by atoms with van der Waals surface area (Å²) < 4.78 is 5.36. The van der Waals surface area contributed by atoms with E-state index in [-0.39, 0.29) is 5.91 Å². The monoisotopic (exact) mass is 346 g/mol. The molecule has 0 bridgehead atoms. The first-order valence-corrected chi connectivity index (χ1v) is 9.39. The Kier molecular flexibility index (Phi) is 5.77. The molecule has 2 aliphatic rings. The predicted molar refractivity (Wildman–Crippen MR) is 97.4 cm³/mol. The molecule has 2 fully saturated rings. The van der Waals surface area contributed by atoms with Gasteiger partial charge in [-0.1, -0.05) is 38.1 Å². The summed E-state index contributed by atoms with van der Waals surface area (Å²) in [7, 11) is 0. The number of piperidine rings is 1. The molecule has 2 aliphatic heterocycles. The van der Waals surface area contributed by atoms with Gasteiger partial charge in [-0.05, 0) is 29.9 Å². The first-order chi connectivity index (χ1) is 12.0. The Morgan fingerprint density at radius 2 is 1.84 bits per heavy atom. The molecule has 1 atom stereocenters. The number of carbonyl (C=O) groups is 1. The van der Waals surface area contributed by atoms with Crippen LogP contribution >= 0.6 is 0 Å². The highest BCUT2D eigenvalue weighted by atomic mass is 16.5. The van der Waals surface area contributed by atoms with Gasteiger partial charge < -0.3 is 14.7 Å². The minimum atomic E-state index is -1.26. The quantitative estimate of drug-likeness (QED) is 0.886. The van der Waals surface area contributed by atoms with Gasteiger partial charge in [-0.25, -0.2) is 0 Å². The van der Waals surface area contributed by atoms with E-state index in [1.165, 1.54) is 5.56 Å². The fourth-order valence-corrected chi connectivity index (χ4v) is 3.72. The highest BCUT2D eigenvalue weighted by molar-refractivity contribution is 5.86. The van der Waals surface area contributed by atoms with Crippen LogP contribution in [0.3, 0.4) is 0 Å². The molecule has 1 unspecified atom stereocenters. The molecule has 2 heterocycles. The third kappa shape index (κ3) is 4.40. The molecule has 5 nitrogen and oxygen atoms in total. The van der Waals surface area contributed by atoms with Gasteiger partial charge >= 0.3 is 0 Å². The normalized spacial score (nSPS) is 25.6. The summed E-state index contributed by atoms with van der Waals surface area (Å²) in [5, 5.41) is 11.0. The van der Waals surface area contributed by atoms with Crippen LogP contribution in [0, 0.1) is 0 Å². The summed E-state index contributed by atoms with van der Waals surface area (Å²) in [6, 6.07) is 8.46. The average molecular weight is 346 g/mol. The van der Waals surface area contributed by atoms with Crippen LogP contribution in [0.25, 0.3) is 0 Å². The Bertz CT molecular complexity index is 581. The van der Waals surface area contributed by atoms with Crippen molar-refractivity contribution in [3.05, 3.63) is 35.4 Å². The molecule has 1 amide bonds. The number of ether oxygens (including phenoxy) is 1. The van der Waals surface area contributed by atoms with E-state index in [9.17, 15) is 9.90 Å². The van der Waals surface area contributed by atoms with E-state index >= 15 is 0 Å². The highest BCUT2D eigenvalue weighted by Crippen LogP contribution is 2.26. The lowest BCUT2D eigenvalue weighted by atomic mass is 9.90. The number of morpholine rings is 1. The Labute approximate surface area is 150 Å². The molecule has 5 heteroatoms. The number of hydrogen-bond acceptors (Lipinski definition) is 4. The predicted octanol–water partition coefficient (Wildman–Crippen LogP) is 2.00. The van der Waals surface area contributed by atoms with Crippen LogP contribution in [-0.4, -0.2) is 65.8 Å². The van der Waals surface area contributed by atoms with Crippen LogP contribution in [-0.2, 0) is 16.1 Å². The summed E-state index contributed by atoms with van der Waals surface area (Å²) in [6.07, 6.45) is 1.39. The maximum absolute atomic E-state index is 12.9. The van der Waals surface area contributed by atoms with Gasteiger partial charge in [0.05, 0.1) is 13.2 Å². The maximum atomic E-state index is 12.9. The van der Waals surface area contributed by atoms with Crippen molar-refractivity contribution in [3.8, 4) is 0 Å². The van der Waals surface area contributed by atoms with E-state index in [1.54, 1.807) is 0 Å². The summed E-state index contributed by atoms with van der Waals surface area (Å²) in [5.74, 6) is 0.377. The molecule has 0 aromatic heterocycles. The number of amides is 1. The number of likely N-dealkylation sites (tertiary alicyclic amines) is 1. The van der Waals surface area contributed by atoms with Crippen molar-refractivity contribution in [2.45, 2.75) is 44.8 Å². The topological polar surface area (TPSA) is 53.0 Å². The van der Waals surface area contributed by atoms with E-state index in [0.29, 0.717) is 38.6 Å². The number of β-amino-alcohol motifs (C(OH)–C–C–N with tert-alkyl or cyclic N) is 1. The van der Waals surface area contributed by atoms with Crippen LogP contribution in [0.5, 0.6) is 0 Å². The lowest BCUT2D eigenvalue weighted by Crippen LogP contribution is -2.59. The third-order valence-corrected chi connectivity index (χ3v) is 5.31. The molecule has 0 spiro atoms. The smallest absolute Gasteiger partial charge is 0.256 e. The van der Waals surface area contributed by atoms with Crippen molar-refractivity contribution in [3.63, 3.8) is 0 Å². The van der Waals surface area contributed by atoms with Crippen molar-refractivity contribution in [2.75, 3.05) is 39.4 Å². The number of rotatable bonds is 5. The zero-order valence-corrected chi connectivity index (χ0v) is 15.4. The number of hydrogen-bond donors (Lipinski definition) is 1. The van der Waals surface area contributed by atoms with Gasteiger partial charge in [0.1, 0.15) is 0 Å². The first kappa shape index (κ1) is 18.4. The Morgan fingerprint density at radius 3 is 2.48 bits per heavy atom. The summed E-state index contributed by atoms with van der Waals surface area (Å²) in [6.45, 7) is 8.98. The standard InChI is InChI=1S/C20H30N2O3/c1-16(2)18-6-4-17(5-7-18)14-22-9-3-8-20(24,19(22)23)15-21-10-12-25-13-11-21/h4-7,16,24H,3,8-15H2,1-2H3. The lowest BCUT2D eigenvalue weighted by molar-refractivity contribution is -0.161. The summed E-state index contributed by atoms with van der Waals surface area (Å²) in [5.41, 5.74) is 1.17. The van der Waals surface area contributed by atoms with Crippen molar-refractivity contribution < 1.29 is 14.6 Å². The molecule has 0 saturated carbocycles. The fourth-order valence-electron chi connectivity index (χ4n) is 3.72. The second-order valence-electron chi connectivity index (χ2n) is 7.65. The molecule has 1 N–H and O–H groups in total. The van der Waals surface area contributed by atoms with Crippen molar-refractivity contribution >= 4 is 5.91 Å². The Hall–Kier alpha value is -1.43. The minimum absolute atomic E-state index is 0.127. The van der Waals surface area contributed by atoms with Crippen LogP contribution in [0.4, 0.5) is 0 Å². The van der Waals surface area contributed by atoms with Crippen LogP contribution in [0.1, 0.15) is 43.7 Å². The zero-order chi connectivity index (χ0) is 17.9. The van der Waals surface area contributed by atoms with Crippen molar-refractivity contribution in [1.29, 1.82) is 0 Å². The zero-order valence-electron chi connectivity index (χ0n) is 15.4. The largest absolute Gasteiger partial charge is 0.379 e. The minimum Gasteiger partial charge on any atom is -0.379 e. The summed E-state index contributed by atoms with van der Waals surface area (Å²) in [4.78, 5) is 16.9. The third-order valence-electron chi connectivity index (χ3n) is 5.31. The molecule has 138 valence electrons. The van der Waals surface area contributed by atoms with Gasteiger partial charge in [0.25, 0.3) is 5.91 Å². The van der Waals surface area contributed by atoms with Gasteiger partial charge in [0, 0.05) is 32.7 Å². The highest BCUT2D eigenvalue weighted by Gasteiger charge is 2.43. The van der Waals surface area contributed by atoms with E-state index in [2.05, 4.69) is 43.0 Å². The SMILES string of the molecule is CC(C)c1ccc(CN2CCCC(O)(CN3CCOCC3)C2=O)cc1. The van der Waals surface area contributed by atoms with E-state index < -0.39 is 5.60 Å². The maximum Gasteiger partial charge on any atom is 0.256 e. The molecule has 3 rings (SSSR count). The number of aliphatic hydroxyl groups is 1. The van der Waals surface area contributed by atoms with Gasteiger partial charge in [-0.3, -0.25) is 9.69 Å². The molecule has 25 heavy (non-hydrogen) atoms.